The summed E-state index contributed by atoms with van der Waals surface area (Å²) < 4.78 is 6.15. The fraction of sp³-hybridized carbons (Fsp3) is 0.200. The molecule has 1 heterocycles. The Hall–Kier alpha value is -2.68. The van der Waals surface area contributed by atoms with Gasteiger partial charge in [-0.3, -0.25) is 4.99 Å². The highest BCUT2D eigenvalue weighted by Crippen LogP contribution is 2.30. The third kappa shape index (κ3) is 2.20. The zero-order valence-corrected chi connectivity index (χ0v) is 13.6. The van der Waals surface area contributed by atoms with Gasteiger partial charge < -0.3 is 4.42 Å². The quantitative estimate of drug-likeness (QED) is 0.380. The first-order valence-corrected chi connectivity index (χ1v) is 7.91. The van der Waals surface area contributed by atoms with Gasteiger partial charge in [-0.05, 0) is 44.0 Å². The molecule has 0 bridgehead atoms. The number of hydrogen-bond donors (Lipinski definition) is 0. The van der Waals surface area contributed by atoms with E-state index < -0.39 is 0 Å². The van der Waals surface area contributed by atoms with E-state index in [9.17, 15) is 0 Å². The number of aryl methyl sites for hydroxylation is 2. The standard InChI is InChI=1S/C20H18N2O/c1-4-21-16-11-19-20(15-8-6-5-7-14(15)16)22-17-9-12(2)13(3)10-18(17)23-19/h5-11H,4H2,1-3H3/b21-16+. The molecule has 0 saturated heterocycles. The molecule has 1 aliphatic carbocycles. The van der Waals surface area contributed by atoms with Gasteiger partial charge in [0.15, 0.2) is 11.3 Å². The van der Waals surface area contributed by atoms with Gasteiger partial charge in [-0.1, -0.05) is 24.3 Å². The van der Waals surface area contributed by atoms with Gasteiger partial charge in [0.1, 0.15) is 11.2 Å². The monoisotopic (exact) mass is 302 g/mol. The second kappa shape index (κ2) is 5.20. The molecule has 23 heavy (non-hydrogen) atoms. The highest BCUT2D eigenvalue weighted by atomic mass is 16.3. The van der Waals surface area contributed by atoms with Crippen molar-refractivity contribution in [3.05, 3.63) is 58.9 Å². The molecule has 1 aliphatic heterocycles. The molecule has 0 spiro atoms. The number of hydrogen-bond acceptors (Lipinski definition) is 3. The smallest absolute Gasteiger partial charge is 0.155 e. The minimum atomic E-state index is 0.745. The summed E-state index contributed by atoms with van der Waals surface area (Å²) in [6.45, 7) is 6.98. The molecule has 0 amide bonds. The van der Waals surface area contributed by atoms with Crippen molar-refractivity contribution in [2.45, 2.75) is 20.8 Å². The van der Waals surface area contributed by atoms with Crippen molar-refractivity contribution < 1.29 is 4.42 Å². The van der Waals surface area contributed by atoms with Crippen LogP contribution in [0.25, 0.3) is 33.3 Å². The van der Waals surface area contributed by atoms with Gasteiger partial charge in [-0.15, -0.1) is 0 Å². The highest BCUT2D eigenvalue weighted by Gasteiger charge is 2.14. The van der Waals surface area contributed by atoms with Crippen LogP contribution in [0, 0.1) is 13.8 Å². The van der Waals surface area contributed by atoms with Crippen LogP contribution in [0.2, 0.25) is 0 Å². The van der Waals surface area contributed by atoms with Crippen LogP contribution >= 0.6 is 0 Å². The first-order valence-electron chi connectivity index (χ1n) is 7.91. The molecular formula is C20H18N2O. The largest absolute Gasteiger partial charge is 0.453 e. The summed E-state index contributed by atoms with van der Waals surface area (Å²) in [5, 5.41) is 3.16. The lowest BCUT2D eigenvalue weighted by atomic mass is 10.0. The van der Waals surface area contributed by atoms with E-state index in [0.29, 0.717) is 0 Å². The van der Waals surface area contributed by atoms with E-state index in [4.69, 9.17) is 9.40 Å². The molecule has 4 rings (SSSR count). The van der Waals surface area contributed by atoms with Crippen LogP contribution in [-0.4, -0.2) is 11.5 Å². The summed E-state index contributed by atoms with van der Waals surface area (Å²) in [5.41, 5.74) is 5.04. The second-order valence-corrected chi connectivity index (χ2v) is 5.88. The second-order valence-electron chi connectivity index (χ2n) is 5.88. The molecule has 3 heteroatoms. The summed E-state index contributed by atoms with van der Waals surface area (Å²) in [4.78, 5) is 9.48. The molecule has 0 N–H and O–H groups in total. The van der Waals surface area contributed by atoms with Crippen LogP contribution in [0.3, 0.4) is 0 Å². The normalized spacial score (nSPS) is 12.6. The molecule has 0 aromatic heterocycles. The van der Waals surface area contributed by atoms with Crippen molar-refractivity contribution >= 4 is 21.9 Å². The molecule has 0 atom stereocenters. The van der Waals surface area contributed by atoms with Crippen LogP contribution < -0.4 is 5.36 Å². The number of nitrogens with zero attached hydrogens (tertiary/aromatic N) is 2. The topological polar surface area (TPSA) is 38.4 Å². The van der Waals surface area contributed by atoms with E-state index in [0.717, 1.165) is 45.2 Å². The lowest BCUT2D eigenvalue weighted by Crippen LogP contribution is -2.07. The Morgan fingerprint density at radius 2 is 1.74 bits per heavy atom. The van der Waals surface area contributed by atoms with Crippen LogP contribution in [0.15, 0.2) is 51.9 Å². The van der Waals surface area contributed by atoms with Gasteiger partial charge in [-0.2, -0.15) is 0 Å². The summed E-state index contributed by atoms with van der Waals surface area (Å²) in [6, 6.07) is 14.4. The van der Waals surface area contributed by atoms with Crippen molar-refractivity contribution in [3.63, 3.8) is 0 Å². The van der Waals surface area contributed by atoms with Crippen molar-refractivity contribution in [1.29, 1.82) is 0 Å². The molecule has 0 radical (unpaired) electrons. The zero-order chi connectivity index (χ0) is 16.0. The van der Waals surface area contributed by atoms with Crippen molar-refractivity contribution in [2.75, 3.05) is 6.54 Å². The maximum atomic E-state index is 6.15. The van der Waals surface area contributed by atoms with Gasteiger partial charge in [0.05, 0.1) is 5.36 Å². The van der Waals surface area contributed by atoms with Crippen LogP contribution in [0.5, 0.6) is 0 Å². The fourth-order valence-electron chi connectivity index (χ4n) is 2.99. The summed E-state index contributed by atoms with van der Waals surface area (Å²) >= 11 is 0. The predicted molar refractivity (Wildman–Crippen MR) is 93.7 cm³/mol. The Bertz CT molecular complexity index is 1080. The van der Waals surface area contributed by atoms with E-state index in [-0.39, 0.29) is 0 Å². The Kier molecular flexibility index (Phi) is 3.15. The predicted octanol–water partition coefficient (Wildman–Crippen LogP) is 4.62. The third-order valence-corrected chi connectivity index (χ3v) is 4.32. The molecular weight excluding hydrogens is 284 g/mol. The maximum absolute atomic E-state index is 6.15. The lowest BCUT2D eigenvalue weighted by Gasteiger charge is -2.11. The van der Waals surface area contributed by atoms with Crippen LogP contribution in [0.4, 0.5) is 0 Å². The van der Waals surface area contributed by atoms with E-state index in [1.165, 1.54) is 11.1 Å². The lowest BCUT2D eigenvalue weighted by molar-refractivity contribution is 0.613. The summed E-state index contributed by atoms with van der Waals surface area (Å²) in [5.74, 6) is 0.784. The van der Waals surface area contributed by atoms with Gasteiger partial charge in [0.2, 0.25) is 0 Å². The van der Waals surface area contributed by atoms with E-state index in [1.54, 1.807) is 0 Å². The minimum absolute atomic E-state index is 0.745. The number of aromatic nitrogens is 1. The Morgan fingerprint density at radius 1 is 1.00 bits per heavy atom. The first kappa shape index (κ1) is 13.9. The first-order chi connectivity index (χ1) is 11.2. The number of rotatable bonds is 1. The van der Waals surface area contributed by atoms with Crippen molar-refractivity contribution in [2.24, 2.45) is 4.99 Å². The minimum Gasteiger partial charge on any atom is -0.453 e. The highest BCUT2D eigenvalue weighted by molar-refractivity contribution is 5.96. The molecule has 2 aliphatic rings. The van der Waals surface area contributed by atoms with Crippen LogP contribution in [-0.2, 0) is 0 Å². The molecule has 0 fully saturated rings. The third-order valence-electron chi connectivity index (χ3n) is 4.32. The molecule has 114 valence electrons. The Balaban J connectivity index is 2.21. The Labute approximate surface area is 134 Å². The fourth-order valence-corrected chi connectivity index (χ4v) is 2.99. The van der Waals surface area contributed by atoms with Gasteiger partial charge in [0.25, 0.3) is 0 Å². The van der Waals surface area contributed by atoms with E-state index in [2.05, 4.69) is 43.1 Å². The molecule has 0 unspecified atom stereocenters. The molecule has 3 nitrogen and oxygen atoms in total. The summed E-state index contributed by atoms with van der Waals surface area (Å²) in [6.07, 6.45) is 0. The SMILES string of the molecule is CC/N=c1\cc2oc3cc(C)c(C)cc3nc-2c2ccccc12. The zero-order valence-electron chi connectivity index (χ0n) is 13.6. The van der Waals surface area contributed by atoms with E-state index >= 15 is 0 Å². The van der Waals surface area contributed by atoms with Gasteiger partial charge in [0, 0.05) is 23.4 Å². The van der Waals surface area contributed by atoms with Crippen molar-refractivity contribution in [3.8, 4) is 11.5 Å². The van der Waals surface area contributed by atoms with E-state index in [1.807, 2.05) is 25.1 Å². The average Bonchev–Trinajstić information content (AvgIpc) is 2.55. The average molecular weight is 302 g/mol. The number of fused-ring (bicyclic) bond motifs is 4. The molecule has 2 aromatic rings. The Morgan fingerprint density at radius 3 is 2.52 bits per heavy atom. The maximum Gasteiger partial charge on any atom is 0.155 e. The molecule has 2 aromatic carbocycles. The summed E-state index contributed by atoms with van der Waals surface area (Å²) in [7, 11) is 0. The van der Waals surface area contributed by atoms with Crippen molar-refractivity contribution in [1.82, 2.24) is 4.98 Å². The van der Waals surface area contributed by atoms with Gasteiger partial charge >= 0.3 is 0 Å². The van der Waals surface area contributed by atoms with Gasteiger partial charge in [-0.25, -0.2) is 4.98 Å². The number of benzene rings is 3. The van der Waals surface area contributed by atoms with Crippen LogP contribution in [0.1, 0.15) is 18.1 Å². The molecule has 0 saturated carbocycles.